The summed E-state index contributed by atoms with van der Waals surface area (Å²) in [6.07, 6.45) is 2.06. The normalized spacial score (nSPS) is 11.1. The molecule has 4 heteroatoms. The van der Waals surface area contributed by atoms with E-state index >= 15 is 0 Å². The van der Waals surface area contributed by atoms with E-state index in [1.165, 1.54) is 0 Å². The molecule has 3 rings (SSSR count). The number of hydrogen-bond acceptors (Lipinski definition) is 3. The number of nitrogens with two attached hydrogens (primary N) is 1. The van der Waals surface area contributed by atoms with Gasteiger partial charge in [-0.2, -0.15) is 0 Å². The van der Waals surface area contributed by atoms with Crippen molar-refractivity contribution in [3.63, 3.8) is 0 Å². The Bertz CT molecular complexity index is 728. The zero-order valence-corrected chi connectivity index (χ0v) is 12.2. The molecule has 108 valence electrons. The highest BCUT2D eigenvalue weighted by atomic mass is 15.0. The summed E-state index contributed by atoms with van der Waals surface area (Å²) >= 11 is 0. The van der Waals surface area contributed by atoms with Crippen LogP contribution in [0.25, 0.3) is 16.9 Å². The number of nitrogens with zero attached hydrogens (tertiary/aromatic N) is 2. The molecule has 0 unspecified atom stereocenters. The molecule has 0 spiro atoms. The summed E-state index contributed by atoms with van der Waals surface area (Å²) in [5.74, 6) is 0.974. The molecule has 0 fully saturated rings. The topological polar surface area (TPSA) is 55.3 Å². The third-order valence-electron chi connectivity index (χ3n) is 3.61. The molecule has 0 saturated carbocycles. The van der Waals surface area contributed by atoms with Crippen molar-refractivity contribution in [2.75, 3.05) is 6.54 Å². The highest BCUT2D eigenvalue weighted by molar-refractivity contribution is 5.65. The maximum atomic E-state index is 5.66. The zero-order chi connectivity index (χ0) is 14.7. The summed E-state index contributed by atoms with van der Waals surface area (Å²) < 4.78 is 2.14. The van der Waals surface area contributed by atoms with Gasteiger partial charge in [-0.1, -0.05) is 37.3 Å². The summed E-state index contributed by atoms with van der Waals surface area (Å²) in [4.78, 5) is 4.82. The van der Waals surface area contributed by atoms with E-state index in [0.717, 1.165) is 41.3 Å². The number of rotatable bonds is 5. The van der Waals surface area contributed by atoms with Crippen molar-refractivity contribution in [3.8, 4) is 11.4 Å². The van der Waals surface area contributed by atoms with Crippen molar-refractivity contribution in [3.05, 3.63) is 59.9 Å². The van der Waals surface area contributed by atoms with Gasteiger partial charge in [0.05, 0.1) is 11.2 Å². The van der Waals surface area contributed by atoms with Gasteiger partial charge < -0.3 is 11.1 Å². The maximum Gasteiger partial charge on any atom is 0.144 e. The van der Waals surface area contributed by atoms with Crippen LogP contribution in [0.4, 0.5) is 0 Å². The molecule has 0 radical (unpaired) electrons. The Morgan fingerprint density at radius 2 is 1.95 bits per heavy atom. The fourth-order valence-electron chi connectivity index (χ4n) is 2.47. The monoisotopic (exact) mass is 280 g/mol. The van der Waals surface area contributed by atoms with Gasteiger partial charge in [0, 0.05) is 24.8 Å². The van der Waals surface area contributed by atoms with Gasteiger partial charge in [-0.25, -0.2) is 4.98 Å². The van der Waals surface area contributed by atoms with Crippen LogP contribution < -0.4 is 11.1 Å². The first-order valence-electron chi connectivity index (χ1n) is 7.29. The fraction of sp³-hybridized carbons (Fsp3) is 0.235. The Kier molecular flexibility index (Phi) is 3.99. The number of pyridine rings is 1. The number of fused-ring (bicyclic) bond motifs is 1. The molecule has 0 bridgehead atoms. The largest absolute Gasteiger partial charge is 0.326 e. The van der Waals surface area contributed by atoms with Gasteiger partial charge in [0.25, 0.3) is 0 Å². The first-order valence-corrected chi connectivity index (χ1v) is 7.29. The third-order valence-corrected chi connectivity index (χ3v) is 3.61. The summed E-state index contributed by atoms with van der Waals surface area (Å²) in [5.41, 5.74) is 10.1. The second-order valence-corrected chi connectivity index (χ2v) is 5.02. The summed E-state index contributed by atoms with van der Waals surface area (Å²) in [6.45, 7) is 4.39. The quantitative estimate of drug-likeness (QED) is 0.755. The summed E-state index contributed by atoms with van der Waals surface area (Å²) in [7, 11) is 0. The van der Waals surface area contributed by atoms with E-state index in [1.54, 1.807) is 0 Å². The van der Waals surface area contributed by atoms with E-state index < -0.39 is 0 Å². The smallest absolute Gasteiger partial charge is 0.144 e. The Morgan fingerprint density at radius 1 is 1.14 bits per heavy atom. The summed E-state index contributed by atoms with van der Waals surface area (Å²) in [5, 5.41) is 3.35. The van der Waals surface area contributed by atoms with E-state index in [-0.39, 0.29) is 0 Å². The lowest BCUT2D eigenvalue weighted by molar-refractivity contribution is 0.718. The lowest BCUT2D eigenvalue weighted by Crippen LogP contribution is -2.12. The fourth-order valence-corrected chi connectivity index (χ4v) is 2.47. The zero-order valence-electron chi connectivity index (χ0n) is 12.2. The standard InChI is InChI=1S/C17H20N4/c1-2-19-12-15-16-5-3-4-10-21(16)17(20-15)14-8-6-13(11-18)7-9-14/h3-10,19H,2,11-12,18H2,1H3. The molecule has 0 aliphatic rings. The van der Waals surface area contributed by atoms with Crippen LogP contribution in [0.5, 0.6) is 0 Å². The van der Waals surface area contributed by atoms with Crippen molar-refractivity contribution in [1.29, 1.82) is 0 Å². The van der Waals surface area contributed by atoms with Crippen molar-refractivity contribution in [1.82, 2.24) is 14.7 Å². The predicted octanol–water partition coefficient (Wildman–Crippen LogP) is 2.57. The van der Waals surface area contributed by atoms with Crippen LogP contribution >= 0.6 is 0 Å². The molecule has 2 heterocycles. The van der Waals surface area contributed by atoms with Crippen LogP contribution in [-0.2, 0) is 13.1 Å². The van der Waals surface area contributed by atoms with Crippen LogP contribution in [0, 0.1) is 0 Å². The van der Waals surface area contributed by atoms with E-state index in [1.807, 2.05) is 12.1 Å². The van der Waals surface area contributed by atoms with Crippen LogP contribution in [-0.4, -0.2) is 15.9 Å². The number of hydrogen-bond donors (Lipinski definition) is 2. The molecule has 3 N–H and O–H groups in total. The number of aromatic nitrogens is 2. The Morgan fingerprint density at radius 3 is 2.67 bits per heavy atom. The number of imidazole rings is 1. The third kappa shape index (κ3) is 2.68. The molecule has 0 atom stereocenters. The van der Waals surface area contributed by atoms with Crippen LogP contribution in [0.2, 0.25) is 0 Å². The Hall–Kier alpha value is -2.17. The maximum absolute atomic E-state index is 5.66. The van der Waals surface area contributed by atoms with Gasteiger partial charge in [0.15, 0.2) is 0 Å². The van der Waals surface area contributed by atoms with Gasteiger partial charge in [0.1, 0.15) is 5.82 Å². The van der Waals surface area contributed by atoms with Gasteiger partial charge in [0.2, 0.25) is 0 Å². The number of nitrogens with one attached hydrogen (secondary N) is 1. The minimum absolute atomic E-state index is 0.564. The van der Waals surface area contributed by atoms with Crippen molar-refractivity contribution in [2.24, 2.45) is 5.73 Å². The second kappa shape index (κ2) is 6.08. The first kappa shape index (κ1) is 13.8. The van der Waals surface area contributed by atoms with Crippen molar-refractivity contribution < 1.29 is 0 Å². The van der Waals surface area contributed by atoms with Gasteiger partial charge in [-0.3, -0.25) is 4.40 Å². The van der Waals surface area contributed by atoms with E-state index in [0.29, 0.717) is 6.54 Å². The van der Waals surface area contributed by atoms with E-state index in [4.69, 9.17) is 10.7 Å². The molecule has 3 aromatic rings. The van der Waals surface area contributed by atoms with Gasteiger partial charge >= 0.3 is 0 Å². The molecular weight excluding hydrogens is 260 g/mol. The van der Waals surface area contributed by atoms with Gasteiger partial charge in [-0.15, -0.1) is 0 Å². The van der Waals surface area contributed by atoms with Crippen LogP contribution in [0.3, 0.4) is 0 Å². The molecular formula is C17H20N4. The van der Waals surface area contributed by atoms with Crippen molar-refractivity contribution in [2.45, 2.75) is 20.0 Å². The number of benzene rings is 1. The van der Waals surface area contributed by atoms with Crippen LogP contribution in [0.15, 0.2) is 48.7 Å². The highest BCUT2D eigenvalue weighted by Crippen LogP contribution is 2.23. The lowest BCUT2D eigenvalue weighted by atomic mass is 10.1. The molecule has 1 aromatic carbocycles. The molecule has 2 aromatic heterocycles. The van der Waals surface area contributed by atoms with Crippen molar-refractivity contribution >= 4 is 5.52 Å². The molecule has 21 heavy (non-hydrogen) atoms. The molecule has 0 amide bonds. The van der Waals surface area contributed by atoms with Gasteiger partial charge in [-0.05, 0) is 24.2 Å². The highest BCUT2D eigenvalue weighted by Gasteiger charge is 2.11. The van der Waals surface area contributed by atoms with E-state index in [2.05, 4.69) is 53.2 Å². The predicted molar refractivity (Wildman–Crippen MR) is 85.9 cm³/mol. The van der Waals surface area contributed by atoms with Crippen LogP contribution in [0.1, 0.15) is 18.2 Å². The molecule has 4 nitrogen and oxygen atoms in total. The Balaban J connectivity index is 2.08. The SMILES string of the molecule is CCNCc1nc(-c2ccc(CN)cc2)n2ccccc12. The summed E-state index contributed by atoms with van der Waals surface area (Å²) in [6, 6.07) is 14.5. The minimum atomic E-state index is 0.564. The van der Waals surface area contributed by atoms with E-state index in [9.17, 15) is 0 Å². The average Bonchev–Trinajstić information content (AvgIpc) is 2.92. The molecule has 0 saturated heterocycles. The Labute approximate surface area is 124 Å². The lowest BCUT2D eigenvalue weighted by Gasteiger charge is -2.02. The molecule has 0 aliphatic carbocycles. The minimum Gasteiger partial charge on any atom is -0.326 e. The second-order valence-electron chi connectivity index (χ2n) is 5.02. The first-order chi connectivity index (χ1) is 10.3. The molecule has 0 aliphatic heterocycles. The average molecular weight is 280 g/mol.